The first-order valence-electron chi connectivity index (χ1n) is 10.5. The van der Waals surface area contributed by atoms with Gasteiger partial charge in [-0.2, -0.15) is 0 Å². The van der Waals surface area contributed by atoms with Crippen LogP contribution in [0.4, 0.5) is 11.4 Å². The molecule has 3 aromatic rings. The largest absolute Gasteiger partial charge is 0.497 e. The van der Waals surface area contributed by atoms with E-state index in [9.17, 15) is 13.2 Å². The molecule has 3 rings (SSSR count). The third-order valence-electron chi connectivity index (χ3n) is 5.15. The Bertz CT molecular complexity index is 1190. The third-order valence-corrected chi connectivity index (χ3v) is 6.93. The Hall–Kier alpha value is -3.52. The number of amides is 1. The number of methoxy groups -OCH3 is 2. The monoisotopic (exact) mass is 468 g/mol. The number of nitrogens with zero attached hydrogens (tertiary/aromatic N) is 1. The van der Waals surface area contributed by atoms with Crippen molar-refractivity contribution in [1.29, 1.82) is 0 Å². The SMILES string of the molecule is COc1ccc(OC)c(NC(=O)CN(c2ccc(C(C)C)cc2)S(=O)(=O)c2ccccc2)c1. The fourth-order valence-corrected chi connectivity index (χ4v) is 4.73. The van der Waals surface area contributed by atoms with Crippen LogP contribution in [0.5, 0.6) is 11.5 Å². The van der Waals surface area contributed by atoms with E-state index in [1.807, 2.05) is 12.1 Å². The van der Waals surface area contributed by atoms with Gasteiger partial charge in [0, 0.05) is 6.07 Å². The van der Waals surface area contributed by atoms with Gasteiger partial charge in [0.15, 0.2) is 0 Å². The lowest BCUT2D eigenvalue weighted by Gasteiger charge is -2.25. The highest BCUT2D eigenvalue weighted by Gasteiger charge is 2.27. The number of rotatable bonds is 9. The molecule has 7 nitrogen and oxygen atoms in total. The van der Waals surface area contributed by atoms with Crippen molar-refractivity contribution in [2.45, 2.75) is 24.7 Å². The number of carbonyl (C=O) groups excluding carboxylic acids is 1. The molecule has 0 spiro atoms. The van der Waals surface area contributed by atoms with Gasteiger partial charge < -0.3 is 14.8 Å². The van der Waals surface area contributed by atoms with Crippen LogP contribution in [-0.2, 0) is 14.8 Å². The van der Waals surface area contributed by atoms with Gasteiger partial charge in [0.2, 0.25) is 5.91 Å². The van der Waals surface area contributed by atoms with Crippen LogP contribution in [0.15, 0.2) is 77.7 Å². The van der Waals surface area contributed by atoms with Gasteiger partial charge in [-0.1, -0.05) is 44.2 Å². The summed E-state index contributed by atoms with van der Waals surface area (Å²) in [5.74, 6) is 0.739. The van der Waals surface area contributed by atoms with Gasteiger partial charge in [-0.15, -0.1) is 0 Å². The quantitative estimate of drug-likeness (QED) is 0.494. The molecule has 3 aromatic carbocycles. The van der Waals surface area contributed by atoms with Crippen molar-refractivity contribution in [2.24, 2.45) is 0 Å². The standard InChI is InChI=1S/C25H28N2O5S/c1-18(2)19-10-12-20(13-11-19)27(33(29,30)22-8-6-5-7-9-22)17-25(28)26-23-16-21(31-3)14-15-24(23)32-4/h5-16,18H,17H2,1-4H3,(H,26,28). The molecule has 0 bridgehead atoms. The van der Waals surface area contributed by atoms with Crippen molar-refractivity contribution < 1.29 is 22.7 Å². The molecule has 0 heterocycles. The zero-order valence-corrected chi connectivity index (χ0v) is 19.9. The number of anilines is 2. The summed E-state index contributed by atoms with van der Waals surface area (Å²) in [5, 5.41) is 2.74. The molecule has 1 amide bonds. The maximum absolute atomic E-state index is 13.5. The van der Waals surface area contributed by atoms with Gasteiger partial charge in [0.1, 0.15) is 18.0 Å². The number of hydrogen-bond acceptors (Lipinski definition) is 5. The van der Waals surface area contributed by atoms with Crippen LogP contribution in [0, 0.1) is 0 Å². The first-order chi connectivity index (χ1) is 15.8. The summed E-state index contributed by atoms with van der Waals surface area (Å²) in [6.07, 6.45) is 0. The fraction of sp³-hybridized carbons (Fsp3) is 0.240. The van der Waals surface area contributed by atoms with E-state index in [-0.39, 0.29) is 4.90 Å². The lowest BCUT2D eigenvalue weighted by Crippen LogP contribution is -2.38. The lowest BCUT2D eigenvalue weighted by molar-refractivity contribution is -0.114. The van der Waals surface area contributed by atoms with Gasteiger partial charge in [-0.25, -0.2) is 8.42 Å². The van der Waals surface area contributed by atoms with Crippen LogP contribution in [0.25, 0.3) is 0 Å². The Labute approximate surface area is 195 Å². The van der Waals surface area contributed by atoms with Gasteiger partial charge in [0.25, 0.3) is 10.0 Å². The number of hydrogen-bond donors (Lipinski definition) is 1. The molecule has 0 atom stereocenters. The molecule has 33 heavy (non-hydrogen) atoms. The zero-order valence-electron chi connectivity index (χ0n) is 19.1. The summed E-state index contributed by atoms with van der Waals surface area (Å²) >= 11 is 0. The van der Waals surface area contributed by atoms with Crippen molar-refractivity contribution in [1.82, 2.24) is 0 Å². The molecule has 0 saturated heterocycles. The molecular weight excluding hydrogens is 440 g/mol. The lowest BCUT2D eigenvalue weighted by atomic mass is 10.0. The van der Waals surface area contributed by atoms with Crippen LogP contribution in [-0.4, -0.2) is 35.1 Å². The van der Waals surface area contributed by atoms with E-state index >= 15 is 0 Å². The molecule has 0 saturated carbocycles. The molecule has 1 N–H and O–H groups in total. The van der Waals surface area contributed by atoms with Crippen molar-refractivity contribution in [3.8, 4) is 11.5 Å². The Morgan fingerprint density at radius 2 is 1.61 bits per heavy atom. The van der Waals surface area contributed by atoms with Gasteiger partial charge in [0.05, 0.1) is 30.5 Å². The second-order valence-corrected chi connectivity index (χ2v) is 9.55. The van der Waals surface area contributed by atoms with E-state index in [0.717, 1.165) is 9.87 Å². The first-order valence-corrected chi connectivity index (χ1v) is 11.9. The highest BCUT2D eigenvalue weighted by molar-refractivity contribution is 7.92. The molecule has 0 unspecified atom stereocenters. The highest BCUT2D eigenvalue weighted by Crippen LogP contribution is 2.30. The predicted octanol–water partition coefficient (Wildman–Crippen LogP) is 4.66. The smallest absolute Gasteiger partial charge is 0.264 e. The summed E-state index contributed by atoms with van der Waals surface area (Å²) in [7, 11) is -0.984. The summed E-state index contributed by atoms with van der Waals surface area (Å²) < 4.78 is 38.6. The fourth-order valence-electron chi connectivity index (χ4n) is 3.29. The summed E-state index contributed by atoms with van der Waals surface area (Å²) in [6.45, 7) is 3.70. The maximum atomic E-state index is 13.5. The van der Waals surface area contributed by atoms with Gasteiger partial charge >= 0.3 is 0 Å². The highest BCUT2D eigenvalue weighted by atomic mass is 32.2. The van der Waals surface area contributed by atoms with E-state index in [1.54, 1.807) is 48.5 Å². The molecule has 0 aromatic heterocycles. The average Bonchev–Trinajstić information content (AvgIpc) is 2.83. The first kappa shape index (κ1) is 24.1. The normalized spacial score (nSPS) is 11.2. The second kappa shape index (κ2) is 10.4. The minimum Gasteiger partial charge on any atom is -0.497 e. The summed E-state index contributed by atoms with van der Waals surface area (Å²) in [5.41, 5.74) is 1.85. The number of carbonyl (C=O) groups is 1. The van der Waals surface area contributed by atoms with E-state index in [1.165, 1.54) is 26.4 Å². The Kier molecular flexibility index (Phi) is 7.60. The molecule has 0 aliphatic rings. The van der Waals surface area contributed by atoms with Crippen molar-refractivity contribution in [3.63, 3.8) is 0 Å². The number of benzene rings is 3. The van der Waals surface area contributed by atoms with Crippen LogP contribution < -0.4 is 19.1 Å². The second-order valence-electron chi connectivity index (χ2n) is 7.69. The van der Waals surface area contributed by atoms with E-state index in [0.29, 0.717) is 28.8 Å². The minimum atomic E-state index is -3.99. The third kappa shape index (κ3) is 5.64. The Morgan fingerprint density at radius 1 is 0.939 bits per heavy atom. The number of nitrogens with one attached hydrogen (secondary N) is 1. The average molecular weight is 469 g/mol. The molecule has 0 radical (unpaired) electrons. The van der Waals surface area contributed by atoms with Crippen LogP contribution in [0.3, 0.4) is 0 Å². The molecule has 0 aliphatic heterocycles. The minimum absolute atomic E-state index is 0.102. The molecule has 0 fully saturated rings. The van der Waals surface area contributed by atoms with Crippen molar-refractivity contribution >= 4 is 27.3 Å². The number of ether oxygens (including phenoxy) is 2. The van der Waals surface area contributed by atoms with Crippen LogP contribution >= 0.6 is 0 Å². The van der Waals surface area contributed by atoms with Crippen molar-refractivity contribution in [3.05, 3.63) is 78.4 Å². The van der Waals surface area contributed by atoms with Crippen LogP contribution in [0.2, 0.25) is 0 Å². The molecule has 0 aliphatic carbocycles. The van der Waals surface area contributed by atoms with Gasteiger partial charge in [-0.05, 0) is 47.9 Å². The molecular formula is C25H28N2O5S. The summed E-state index contributed by atoms with van der Waals surface area (Å²) in [6, 6.07) is 20.2. The van der Waals surface area contributed by atoms with Crippen LogP contribution in [0.1, 0.15) is 25.3 Å². The molecule has 174 valence electrons. The topological polar surface area (TPSA) is 84.9 Å². The number of sulfonamides is 1. The van der Waals surface area contributed by atoms with E-state index < -0.39 is 22.5 Å². The summed E-state index contributed by atoms with van der Waals surface area (Å²) in [4.78, 5) is 13.1. The maximum Gasteiger partial charge on any atom is 0.264 e. The predicted molar refractivity (Wildman–Crippen MR) is 130 cm³/mol. The Balaban J connectivity index is 1.96. The Morgan fingerprint density at radius 3 is 2.18 bits per heavy atom. The van der Waals surface area contributed by atoms with E-state index in [2.05, 4.69) is 19.2 Å². The zero-order chi connectivity index (χ0) is 24.0. The van der Waals surface area contributed by atoms with Gasteiger partial charge in [-0.3, -0.25) is 9.10 Å². The van der Waals surface area contributed by atoms with E-state index in [4.69, 9.17) is 9.47 Å². The molecule has 8 heteroatoms. The van der Waals surface area contributed by atoms with Crippen molar-refractivity contribution in [2.75, 3.05) is 30.4 Å².